The molecule has 2 fully saturated rings. The number of aliphatic carboxylic acids is 1. The van der Waals surface area contributed by atoms with E-state index in [1.54, 1.807) is 12.1 Å². The Labute approximate surface area is 245 Å². The summed E-state index contributed by atoms with van der Waals surface area (Å²) < 4.78 is 48.2. The first-order chi connectivity index (χ1) is 20.5. The molecule has 0 amide bonds. The van der Waals surface area contributed by atoms with Gasteiger partial charge in [0.1, 0.15) is 28.8 Å². The van der Waals surface area contributed by atoms with Gasteiger partial charge >= 0.3 is 5.97 Å². The van der Waals surface area contributed by atoms with Crippen molar-refractivity contribution in [2.45, 2.75) is 37.7 Å². The minimum absolute atomic E-state index is 0.0893. The smallest absolute Gasteiger partial charge is 0.309 e. The molecule has 0 atom stereocenters. The number of phenolic OH excluding ortho intramolecular Hbond substituents is 1. The highest BCUT2D eigenvalue weighted by atomic mass is 19.1. The van der Waals surface area contributed by atoms with Gasteiger partial charge in [-0.3, -0.25) is 15.2 Å². The zero-order valence-electron chi connectivity index (χ0n) is 23.2. The molecule has 0 spiro atoms. The number of phenols is 1. The molecule has 6 rings (SSSR count). The van der Waals surface area contributed by atoms with Crippen molar-refractivity contribution in [2.75, 3.05) is 20.1 Å². The maximum Gasteiger partial charge on any atom is 0.309 e. The van der Waals surface area contributed by atoms with Crippen molar-refractivity contribution in [3.63, 3.8) is 0 Å². The van der Waals surface area contributed by atoms with Gasteiger partial charge in [0.15, 0.2) is 17.3 Å². The highest BCUT2D eigenvalue weighted by Gasteiger charge is 2.60. The number of nitrogens with one attached hydrogen (secondary N) is 1. The lowest BCUT2D eigenvalue weighted by atomic mass is 9.84. The molecule has 1 aromatic heterocycles. The molecular weight excluding hydrogens is 564 g/mol. The summed E-state index contributed by atoms with van der Waals surface area (Å²) in [7, 11) is 1.83. The van der Waals surface area contributed by atoms with Crippen molar-refractivity contribution in [3.8, 4) is 34.6 Å². The maximum absolute atomic E-state index is 15.6. The van der Waals surface area contributed by atoms with Gasteiger partial charge in [0.05, 0.1) is 23.7 Å². The number of nitrogens with two attached hydrogens (primary N) is 1. The molecule has 11 nitrogen and oxygen atoms in total. The van der Waals surface area contributed by atoms with E-state index >= 15 is 4.39 Å². The largest absolute Gasteiger partial charge is 0.504 e. The number of rotatable bonds is 9. The van der Waals surface area contributed by atoms with Crippen LogP contribution in [0, 0.1) is 22.5 Å². The fourth-order valence-electron chi connectivity index (χ4n) is 6.07. The normalized spacial score (nSPS) is 22.4. The molecule has 43 heavy (non-hydrogen) atoms. The predicted octanol–water partition coefficient (Wildman–Crippen LogP) is 4.79. The van der Waals surface area contributed by atoms with Crippen molar-refractivity contribution in [1.29, 1.82) is 5.41 Å². The van der Waals surface area contributed by atoms with Crippen LogP contribution in [0.3, 0.4) is 0 Å². The number of carboxylic acid groups (broad SMARTS) is 1. The first-order valence-corrected chi connectivity index (χ1v) is 13.7. The number of fused-ring (bicyclic) bond motifs is 2. The second-order valence-electron chi connectivity index (χ2n) is 11.2. The minimum atomic E-state index is -1.26. The number of carboxylic acids is 1. The van der Waals surface area contributed by atoms with Crippen LogP contribution in [-0.4, -0.2) is 63.5 Å². The number of ether oxygens (including phenoxy) is 3. The zero-order valence-corrected chi connectivity index (χ0v) is 23.2. The number of amidine groups is 2. The third kappa shape index (κ3) is 5.04. The Morgan fingerprint density at radius 3 is 2.51 bits per heavy atom. The Kier molecular flexibility index (Phi) is 6.82. The fourth-order valence-corrected chi connectivity index (χ4v) is 6.07. The molecule has 2 heterocycles. The van der Waals surface area contributed by atoms with Gasteiger partial charge in [0.25, 0.3) is 5.88 Å². The molecule has 1 aliphatic heterocycles. The van der Waals surface area contributed by atoms with Gasteiger partial charge in [-0.05, 0) is 62.1 Å². The van der Waals surface area contributed by atoms with E-state index in [1.807, 2.05) is 11.9 Å². The van der Waals surface area contributed by atoms with Crippen molar-refractivity contribution in [2.24, 2.45) is 16.1 Å². The molecule has 0 radical (unpaired) electrons. The van der Waals surface area contributed by atoms with Crippen molar-refractivity contribution in [3.05, 3.63) is 65.4 Å². The third-order valence-electron chi connectivity index (χ3n) is 8.41. The van der Waals surface area contributed by atoms with Crippen molar-refractivity contribution >= 4 is 17.6 Å². The molecule has 2 bridgehead atoms. The molecular formula is C30H29F2N5O6. The molecule has 2 saturated carbocycles. The van der Waals surface area contributed by atoms with Crippen LogP contribution in [0.1, 0.15) is 43.2 Å². The Morgan fingerprint density at radius 1 is 1.09 bits per heavy atom. The quantitative estimate of drug-likeness (QED) is 0.202. The fraction of sp³-hybridized carbons (Fsp3) is 0.333. The number of likely N-dealkylation sites (N-methyl/N-ethyl adjacent to an activating group) is 1. The van der Waals surface area contributed by atoms with Gasteiger partial charge in [-0.25, -0.2) is 9.37 Å². The summed E-state index contributed by atoms with van der Waals surface area (Å²) in [5, 5.41) is 27.5. The van der Waals surface area contributed by atoms with E-state index in [2.05, 4.69) is 9.98 Å². The van der Waals surface area contributed by atoms with E-state index in [1.165, 1.54) is 24.3 Å². The van der Waals surface area contributed by atoms with E-state index in [9.17, 15) is 19.4 Å². The van der Waals surface area contributed by atoms with Crippen LogP contribution in [-0.2, 0) is 4.79 Å². The lowest BCUT2D eigenvalue weighted by Gasteiger charge is -2.29. The Bertz CT molecular complexity index is 1670. The number of benzene rings is 2. The van der Waals surface area contributed by atoms with E-state index in [4.69, 9.17) is 25.4 Å². The second kappa shape index (κ2) is 10.4. The molecule has 0 saturated heterocycles. The third-order valence-corrected chi connectivity index (χ3v) is 8.41. The zero-order chi connectivity index (χ0) is 30.5. The lowest BCUT2D eigenvalue weighted by molar-refractivity contribution is -0.148. The summed E-state index contributed by atoms with van der Waals surface area (Å²) in [6, 6.07) is 8.64. The number of aromatic nitrogens is 1. The van der Waals surface area contributed by atoms with Gasteiger partial charge in [-0.1, -0.05) is 0 Å². The Balaban J connectivity index is 1.32. The lowest BCUT2D eigenvalue weighted by Crippen LogP contribution is -2.30. The standard InChI is InChI=1S/C30H29F2N5O6/c1-37-11-10-35-26(37)18-13-17(43-30-8-6-29(15-30,7-9-30)28(39)40)3-5-21(18)41-24-19(31)14-36-27(23(24)32)42-22-12-16(25(33)34)2-4-20(22)38/h2-5,12-14,38H,6-11,15H2,1H3,(H3,33,34)(H,39,40). The number of nitrogen functional groups attached to an aromatic ring is 1. The molecule has 224 valence electrons. The SMILES string of the molecule is CN1CCN=C1c1cc(OC23CCC(C(=O)O)(CC2)C3)ccc1Oc1c(F)cnc(Oc2cc(C(=N)N)ccc2O)c1F. The van der Waals surface area contributed by atoms with Crippen LogP contribution < -0.4 is 19.9 Å². The van der Waals surface area contributed by atoms with Gasteiger partial charge in [0.2, 0.25) is 11.6 Å². The molecule has 13 heteroatoms. The average molecular weight is 594 g/mol. The number of carbonyl (C=O) groups is 1. The Hall–Kier alpha value is -4.94. The summed E-state index contributed by atoms with van der Waals surface area (Å²) in [5.74, 6) is -4.45. The maximum atomic E-state index is 15.6. The highest BCUT2D eigenvalue weighted by molar-refractivity contribution is 6.02. The van der Waals surface area contributed by atoms with Crippen LogP contribution in [0.5, 0.6) is 34.6 Å². The molecule has 0 unspecified atom stereocenters. The monoisotopic (exact) mass is 593 g/mol. The number of hydrogen-bond acceptors (Lipinski definition) is 9. The van der Waals surface area contributed by atoms with E-state index < -0.39 is 40.2 Å². The number of hydrogen-bond donors (Lipinski definition) is 4. The van der Waals surface area contributed by atoms with E-state index in [0.717, 1.165) is 6.20 Å². The Morgan fingerprint density at radius 2 is 1.86 bits per heavy atom. The summed E-state index contributed by atoms with van der Waals surface area (Å²) in [5.41, 5.74) is 4.78. The van der Waals surface area contributed by atoms with Gasteiger partial charge in [0, 0.05) is 25.6 Å². The first-order valence-electron chi connectivity index (χ1n) is 13.7. The van der Waals surface area contributed by atoms with E-state index in [-0.39, 0.29) is 28.6 Å². The summed E-state index contributed by atoms with van der Waals surface area (Å²) in [4.78, 5) is 22.0. The van der Waals surface area contributed by atoms with Gasteiger partial charge in [-0.2, -0.15) is 4.39 Å². The first kappa shape index (κ1) is 28.2. The number of halogens is 2. The summed E-state index contributed by atoms with van der Waals surface area (Å²) >= 11 is 0. The number of aliphatic imine (C=N–C) groups is 1. The van der Waals surface area contributed by atoms with Crippen LogP contribution in [0.15, 0.2) is 47.6 Å². The van der Waals surface area contributed by atoms with Crippen LogP contribution in [0.4, 0.5) is 8.78 Å². The van der Waals surface area contributed by atoms with Crippen LogP contribution in [0.2, 0.25) is 0 Å². The second-order valence-corrected chi connectivity index (χ2v) is 11.2. The number of nitrogens with zero attached hydrogens (tertiary/aromatic N) is 3. The van der Waals surface area contributed by atoms with Crippen LogP contribution >= 0.6 is 0 Å². The molecule has 2 aromatic carbocycles. The highest BCUT2D eigenvalue weighted by Crippen LogP contribution is 2.58. The summed E-state index contributed by atoms with van der Waals surface area (Å²) in [6.07, 6.45) is 3.49. The molecule has 3 aliphatic rings. The topological polar surface area (TPSA) is 164 Å². The predicted molar refractivity (Wildman–Crippen MR) is 150 cm³/mol. The molecule has 2 aliphatic carbocycles. The molecule has 3 aromatic rings. The minimum Gasteiger partial charge on any atom is -0.504 e. The summed E-state index contributed by atoms with van der Waals surface area (Å²) in [6.45, 7) is 1.14. The number of pyridine rings is 1. The van der Waals surface area contributed by atoms with Gasteiger partial charge < -0.3 is 35.1 Å². The number of aromatic hydroxyl groups is 1. The van der Waals surface area contributed by atoms with Crippen molar-refractivity contribution in [1.82, 2.24) is 9.88 Å². The van der Waals surface area contributed by atoms with Crippen LogP contribution in [0.25, 0.3) is 0 Å². The van der Waals surface area contributed by atoms with Gasteiger partial charge in [-0.15, -0.1) is 0 Å². The van der Waals surface area contributed by atoms with Crippen molar-refractivity contribution < 1.29 is 38.0 Å². The average Bonchev–Trinajstić information content (AvgIpc) is 3.68. The molecule has 5 N–H and O–H groups in total. The van der Waals surface area contributed by atoms with E-state index in [0.29, 0.717) is 62.3 Å².